The van der Waals surface area contributed by atoms with Crippen molar-refractivity contribution in [1.29, 1.82) is 0 Å². The molecule has 2 aromatic rings. The molecule has 2 amide bonds. The van der Waals surface area contributed by atoms with Crippen LogP contribution in [0.4, 0.5) is 0 Å². The van der Waals surface area contributed by atoms with Crippen LogP contribution in [0.25, 0.3) is 0 Å². The third kappa shape index (κ3) is 4.73. The van der Waals surface area contributed by atoms with Gasteiger partial charge in [0.1, 0.15) is 5.37 Å². The number of benzene rings is 2. The molecule has 0 N–H and O–H groups in total. The lowest BCUT2D eigenvalue weighted by atomic mass is 10.2. The summed E-state index contributed by atoms with van der Waals surface area (Å²) in [6.45, 7) is 2.81. The van der Waals surface area contributed by atoms with E-state index in [2.05, 4.69) is 10.2 Å². The molecule has 0 saturated carbocycles. The molecule has 0 aromatic heterocycles. The molecule has 3 rings (SSSR count). The average Bonchev–Trinajstić information content (AvgIpc) is 3.09. The smallest absolute Gasteiger partial charge is 0.246 e. The molecule has 0 bridgehead atoms. The molecular formula is C19H16Cl2N4O2S. The molecule has 1 aliphatic rings. The fourth-order valence-corrected chi connectivity index (χ4v) is 3.87. The summed E-state index contributed by atoms with van der Waals surface area (Å²) in [5.74, 6) is -0.565. The monoisotopic (exact) mass is 434 g/mol. The predicted octanol–water partition coefficient (Wildman–Crippen LogP) is 4.74. The molecule has 1 aliphatic heterocycles. The minimum absolute atomic E-state index is 0.243. The lowest BCUT2D eigenvalue weighted by Crippen LogP contribution is -2.27. The zero-order chi connectivity index (χ0) is 20.3. The maximum absolute atomic E-state index is 12.1. The van der Waals surface area contributed by atoms with E-state index in [1.165, 1.54) is 41.8 Å². The Hall–Kier alpha value is -2.35. The molecule has 0 saturated heterocycles. The van der Waals surface area contributed by atoms with Crippen molar-refractivity contribution in [2.75, 3.05) is 0 Å². The van der Waals surface area contributed by atoms with Gasteiger partial charge in [-0.05, 0) is 35.4 Å². The molecular weight excluding hydrogens is 419 g/mol. The second-order valence-corrected chi connectivity index (χ2v) is 7.82. The molecule has 1 atom stereocenters. The summed E-state index contributed by atoms with van der Waals surface area (Å²) in [5, 5.41) is 12.2. The number of thioether (sulfide) groups is 1. The molecule has 1 unspecified atom stereocenters. The highest BCUT2D eigenvalue weighted by Gasteiger charge is 2.35. The minimum atomic E-state index is -0.405. The number of carbonyl (C=O) groups is 2. The van der Waals surface area contributed by atoms with Gasteiger partial charge in [0, 0.05) is 23.9 Å². The summed E-state index contributed by atoms with van der Waals surface area (Å²) >= 11 is 13.1. The van der Waals surface area contributed by atoms with E-state index in [9.17, 15) is 9.59 Å². The summed E-state index contributed by atoms with van der Waals surface area (Å²) in [5.41, 5.74) is 1.62. The number of hydrogen-bond donors (Lipinski definition) is 0. The zero-order valence-electron chi connectivity index (χ0n) is 15.0. The summed E-state index contributed by atoms with van der Waals surface area (Å²) in [7, 11) is 0. The predicted molar refractivity (Wildman–Crippen MR) is 113 cm³/mol. The van der Waals surface area contributed by atoms with Gasteiger partial charge in [-0.1, -0.05) is 59.2 Å². The molecule has 0 radical (unpaired) electrons. The van der Waals surface area contributed by atoms with Crippen LogP contribution < -0.4 is 0 Å². The van der Waals surface area contributed by atoms with E-state index >= 15 is 0 Å². The quantitative estimate of drug-likeness (QED) is 0.517. The molecule has 144 valence electrons. The highest BCUT2D eigenvalue weighted by Crippen LogP contribution is 2.40. The Morgan fingerprint density at radius 3 is 2.18 bits per heavy atom. The topological polar surface area (TPSA) is 65.3 Å². The van der Waals surface area contributed by atoms with E-state index in [-0.39, 0.29) is 11.8 Å². The van der Waals surface area contributed by atoms with Crippen molar-refractivity contribution in [2.24, 2.45) is 10.2 Å². The number of hydrazone groups is 2. The van der Waals surface area contributed by atoms with Gasteiger partial charge >= 0.3 is 0 Å². The fraction of sp³-hybridized carbons (Fsp3) is 0.158. The first-order valence-electron chi connectivity index (χ1n) is 8.26. The zero-order valence-corrected chi connectivity index (χ0v) is 17.4. The van der Waals surface area contributed by atoms with Crippen molar-refractivity contribution in [3.05, 3.63) is 69.7 Å². The first-order valence-corrected chi connectivity index (χ1v) is 9.89. The van der Waals surface area contributed by atoms with Gasteiger partial charge in [0.05, 0.1) is 6.21 Å². The first kappa shape index (κ1) is 20.4. The Morgan fingerprint density at radius 2 is 1.64 bits per heavy atom. The van der Waals surface area contributed by atoms with Gasteiger partial charge in [0.25, 0.3) is 0 Å². The van der Waals surface area contributed by atoms with E-state index in [4.69, 9.17) is 23.2 Å². The number of amidine groups is 1. The van der Waals surface area contributed by atoms with Crippen molar-refractivity contribution in [2.45, 2.75) is 19.2 Å². The number of rotatable bonds is 3. The van der Waals surface area contributed by atoms with Crippen LogP contribution in [0.15, 0.2) is 58.7 Å². The van der Waals surface area contributed by atoms with Crippen LogP contribution in [0.3, 0.4) is 0 Å². The summed E-state index contributed by atoms with van der Waals surface area (Å²) in [6.07, 6.45) is 1.54. The highest BCUT2D eigenvalue weighted by atomic mass is 35.5. The maximum atomic E-state index is 12.1. The van der Waals surface area contributed by atoms with Crippen LogP contribution in [0.5, 0.6) is 0 Å². The van der Waals surface area contributed by atoms with Crippen LogP contribution in [0.2, 0.25) is 10.0 Å². The number of nitrogens with zero attached hydrogens (tertiary/aromatic N) is 4. The summed E-state index contributed by atoms with van der Waals surface area (Å²) in [6, 6.07) is 14.2. The first-order chi connectivity index (χ1) is 13.3. The van der Waals surface area contributed by atoms with E-state index < -0.39 is 5.37 Å². The van der Waals surface area contributed by atoms with Gasteiger partial charge in [-0.2, -0.15) is 10.1 Å². The molecule has 6 nitrogen and oxygen atoms in total. The van der Waals surface area contributed by atoms with Gasteiger partial charge in [0.2, 0.25) is 17.0 Å². The molecule has 9 heteroatoms. The molecule has 0 aliphatic carbocycles. The average molecular weight is 435 g/mol. The maximum Gasteiger partial charge on any atom is 0.246 e. The van der Waals surface area contributed by atoms with Crippen LogP contribution >= 0.6 is 35.0 Å². The van der Waals surface area contributed by atoms with Crippen molar-refractivity contribution in [3.63, 3.8) is 0 Å². The van der Waals surface area contributed by atoms with Crippen molar-refractivity contribution >= 4 is 58.2 Å². The third-order valence-electron chi connectivity index (χ3n) is 3.78. The van der Waals surface area contributed by atoms with Crippen molar-refractivity contribution < 1.29 is 9.59 Å². The van der Waals surface area contributed by atoms with Crippen LogP contribution in [-0.4, -0.2) is 33.2 Å². The Kier molecular flexibility index (Phi) is 6.39. The van der Waals surface area contributed by atoms with E-state index in [0.717, 1.165) is 11.1 Å². The van der Waals surface area contributed by atoms with Crippen LogP contribution in [0.1, 0.15) is 30.3 Å². The molecule has 2 aromatic carbocycles. The Morgan fingerprint density at radius 1 is 1.07 bits per heavy atom. The number of amides is 2. The lowest BCUT2D eigenvalue weighted by molar-refractivity contribution is -0.130. The third-order valence-corrected chi connectivity index (χ3v) is 5.45. The minimum Gasteiger partial charge on any atom is -0.273 e. The van der Waals surface area contributed by atoms with E-state index in [1.807, 2.05) is 12.1 Å². The molecule has 1 heterocycles. The summed E-state index contributed by atoms with van der Waals surface area (Å²) in [4.78, 5) is 24.2. The number of halogens is 2. The van der Waals surface area contributed by atoms with Gasteiger partial charge in [0.15, 0.2) is 0 Å². The Balaban J connectivity index is 1.87. The Bertz CT molecular complexity index is 945. The largest absolute Gasteiger partial charge is 0.273 e. The molecule has 0 fully saturated rings. The molecule has 0 spiro atoms. The standard InChI is InChI=1S/C19H16Cl2N4O2S/c1-12(26)24-18(15-5-9-17(21)10-6-15)28-19(23-24)25(13(2)27)22-11-14-3-7-16(20)8-4-14/h3-11,18H,1-2H3. The molecule has 28 heavy (non-hydrogen) atoms. The van der Waals surface area contributed by atoms with Crippen molar-refractivity contribution in [3.8, 4) is 0 Å². The van der Waals surface area contributed by atoms with E-state index in [0.29, 0.717) is 15.2 Å². The van der Waals surface area contributed by atoms with E-state index in [1.54, 1.807) is 36.4 Å². The Labute approximate surface area is 176 Å². The lowest BCUT2D eigenvalue weighted by Gasteiger charge is -2.19. The number of carbonyl (C=O) groups excluding carboxylic acids is 2. The second kappa shape index (κ2) is 8.77. The fourth-order valence-electron chi connectivity index (χ4n) is 2.42. The summed E-state index contributed by atoms with van der Waals surface area (Å²) < 4.78 is 0. The number of hydrogen-bond acceptors (Lipinski definition) is 5. The van der Waals surface area contributed by atoms with Gasteiger partial charge < -0.3 is 0 Å². The van der Waals surface area contributed by atoms with Crippen LogP contribution in [0, 0.1) is 0 Å². The van der Waals surface area contributed by atoms with Crippen LogP contribution in [-0.2, 0) is 9.59 Å². The second-order valence-electron chi connectivity index (χ2n) is 5.89. The van der Waals surface area contributed by atoms with Gasteiger partial charge in [-0.25, -0.2) is 5.01 Å². The highest BCUT2D eigenvalue weighted by molar-refractivity contribution is 8.14. The SMILES string of the molecule is CC(=O)N(N=Cc1ccc(Cl)cc1)C1=NN(C(C)=O)C(c2ccc(Cl)cc2)S1. The van der Waals surface area contributed by atoms with Gasteiger partial charge in [-0.3, -0.25) is 9.59 Å². The van der Waals surface area contributed by atoms with Gasteiger partial charge in [-0.15, -0.1) is 5.10 Å². The normalized spacial score (nSPS) is 16.4. The van der Waals surface area contributed by atoms with Crippen molar-refractivity contribution in [1.82, 2.24) is 10.0 Å².